The van der Waals surface area contributed by atoms with Crippen molar-refractivity contribution in [1.82, 2.24) is 15.0 Å². The lowest BCUT2D eigenvalue weighted by molar-refractivity contribution is 0.924. The summed E-state index contributed by atoms with van der Waals surface area (Å²) < 4.78 is 0. The Hall–Kier alpha value is -1.51. The molecule has 0 saturated carbocycles. The molecule has 0 spiro atoms. The Balaban J connectivity index is 2.41. The highest BCUT2D eigenvalue weighted by molar-refractivity contribution is 7.09. The van der Waals surface area contributed by atoms with Crippen molar-refractivity contribution in [2.45, 2.75) is 12.8 Å². The standard InChI is InChI=1S/C10H7ClN4S/c1-6-5-16-9(14-6)7(4-12)8-2-3-13-10(11)15-8/h2-3,5,7H,1H3. The van der Waals surface area contributed by atoms with Gasteiger partial charge < -0.3 is 0 Å². The second-order valence-corrected chi connectivity index (χ2v) is 4.37. The van der Waals surface area contributed by atoms with E-state index in [4.69, 9.17) is 16.9 Å². The normalized spacial score (nSPS) is 12.1. The van der Waals surface area contributed by atoms with Gasteiger partial charge in [0.1, 0.15) is 10.9 Å². The topological polar surface area (TPSA) is 62.5 Å². The molecule has 0 aliphatic rings. The third-order valence-corrected chi connectivity index (χ3v) is 3.17. The quantitative estimate of drug-likeness (QED) is 0.769. The van der Waals surface area contributed by atoms with E-state index in [1.165, 1.54) is 17.5 Å². The maximum Gasteiger partial charge on any atom is 0.222 e. The van der Waals surface area contributed by atoms with Crippen LogP contribution in [0.4, 0.5) is 0 Å². The third-order valence-electron chi connectivity index (χ3n) is 1.96. The molecule has 0 amide bonds. The third kappa shape index (κ3) is 2.18. The van der Waals surface area contributed by atoms with Crippen LogP contribution in [-0.4, -0.2) is 15.0 Å². The molecule has 0 radical (unpaired) electrons. The fraction of sp³-hybridized carbons (Fsp3) is 0.200. The molecule has 0 aliphatic carbocycles. The summed E-state index contributed by atoms with van der Waals surface area (Å²) in [5.74, 6) is -0.473. The Morgan fingerprint density at radius 1 is 1.50 bits per heavy atom. The van der Waals surface area contributed by atoms with Crippen molar-refractivity contribution in [3.05, 3.63) is 39.3 Å². The molecule has 0 N–H and O–H groups in total. The van der Waals surface area contributed by atoms with E-state index in [0.717, 1.165) is 10.7 Å². The van der Waals surface area contributed by atoms with E-state index in [1.54, 1.807) is 6.07 Å². The van der Waals surface area contributed by atoms with E-state index in [9.17, 15) is 0 Å². The van der Waals surface area contributed by atoms with Gasteiger partial charge in [0.2, 0.25) is 5.28 Å². The van der Waals surface area contributed by atoms with Crippen molar-refractivity contribution in [2.75, 3.05) is 0 Å². The molecule has 1 atom stereocenters. The first kappa shape index (κ1) is 11.0. The van der Waals surface area contributed by atoms with E-state index in [2.05, 4.69) is 21.0 Å². The Labute approximate surface area is 102 Å². The largest absolute Gasteiger partial charge is 0.245 e. The van der Waals surface area contributed by atoms with Crippen LogP contribution in [0.25, 0.3) is 0 Å². The minimum atomic E-state index is -0.473. The number of halogens is 1. The van der Waals surface area contributed by atoms with Crippen molar-refractivity contribution in [2.24, 2.45) is 0 Å². The molecule has 2 aromatic heterocycles. The number of aryl methyl sites for hydroxylation is 1. The van der Waals surface area contributed by atoms with Gasteiger partial charge >= 0.3 is 0 Å². The van der Waals surface area contributed by atoms with Crippen molar-refractivity contribution in [3.63, 3.8) is 0 Å². The number of thiazole rings is 1. The SMILES string of the molecule is Cc1csc(C(C#N)c2ccnc(Cl)n2)n1. The summed E-state index contributed by atoms with van der Waals surface area (Å²) in [6, 6.07) is 3.85. The van der Waals surface area contributed by atoms with Gasteiger partial charge in [-0.2, -0.15) is 5.26 Å². The number of rotatable bonds is 2. The van der Waals surface area contributed by atoms with Crippen LogP contribution in [0, 0.1) is 18.3 Å². The van der Waals surface area contributed by atoms with Crippen LogP contribution in [0.2, 0.25) is 5.28 Å². The molecule has 2 heterocycles. The Morgan fingerprint density at radius 2 is 2.31 bits per heavy atom. The summed E-state index contributed by atoms with van der Waals surface area (Å²) in [6.45, 7) is 1.89. The molecule has 2 rings (SSSR count). The predicted molar refractivity (Wildman–Crippen MR) is 61.3 cm³/mol. The zero-order valence-corrected chi connectivity index (χ0v) is 9.96. The summed E-state index contributed by atoms with van der Waals surface area (Å²) in [4.78, 5) is 12.1. The van der Waals surface area contributed by atoms with Crippen molar-refractivity contribution in [1.29, 1.82) is 5.26 Å². The average molecular weight is 251 g/mol. The first-order valence-electron chi connectivity index (χ1n) is 4.51. The minimum absolute atomic E-state index is 0.144. The van der Waals surface area contributed by atoms with Crippen LogP contribution < -0.4 is 0 Å². The highest BCUT2D eigenvalue weighted by atomic mass is 35.5. The van der Waals surface area contributed by atoms with Crippen molar-refractivity contribution < 1.29 is 0 Å². The van der Waals surface area contributed by atoms with Gasteiger partial charge in [0.15, 0.2) is 0 Å². The summed E-state index contributed by atoms with van der Waals surface area (Å²) in [5, 5.41) is 11.9. The van der Waals surface area contributed by atoms with E-state index in [1.807, 2.05) is 12.3 Å². The second kappa shape index (κ2) is 4.56. The Kier molecular flexibility index (Phi) is 3.13. The number of hydrogen-bond donors (Lipinski definition) is 0. The van der Waals surface area contributed by atoms with Gasteiger partial charge in [-0.15, -0.1) is 11.3 Å². The van der Waals surface area contributed by atoms with E-state index < -0.39 is 5.92 Å². The Morgan fingerprint density at radius 3 is 2.88 bits per heavy atom. The molecular weight excluding hydrogens is 244 g/mol. The number of nitriles is 1. The fourth-order valence-electron chi connectivity index (χ4n) is 1.26. The molecule has 0 bridgehead atoms. The highest BCUT2D eigenvalue weighted by Crippen LogP contribution is 2.25. The van der Waals surface area contributed by atoms with Crippen molar-refractivity contribution in [3.8, 4) is 6.07 Å². The van der Waals surface area contributed by atoms with Crippen LogP contribution in [0.5, 0.6) is 0 Å². The Bertz CT molecular complexity index is 546. The minimum Gasteiger partial charge on any atom is -0.245 e. The molecule has 0 fully saturated rings. The average Bonchev–Trinajstić information content (AvgIpc) is 2.66. The molecule has 0 saturated heterocycles. The predicted octanol–water partition coefficient (Wildman–Crippen LogP) is 2.55. The molecule has 2 aromatic rings. The van der Waals surface area contributed by atoms with E-state index in [-0.39, 0.29) is 5.28 Å². The number of aromatic nitrogens is 3. The maximum atomic E-state index is 9.15. The van der Waals surface area contributed by atoms with Gasteiger partial charge in [-0.05, 0) is 24.6 Å². The maximum absolute atomic E-state index is 9.15. The molecule has 6 heteroatoms. The summed E-state index contributed by atoms with van der Waals surface area (Å²) in [6.07, 6.45) is 1.54. The van der Waals surface area contributed by atoms with Gasteiger partial charge in [-0.25, -0.2) is 15.0 Å². The van der Waals surface area contributed by atoms with Gasteiger partial charge in [-0.1, -0.05) is 0 Å². The molecular formula is C10H7ClN4S. The summed E-state index contributed by atoms with van der Waals surface area (Å²) >= 11 is 7.14. The molecule has 80 valence electrons. The molecule has 0 aliphatic heterocycles. The number of nitrogens with zero attached hydrogens (tertiary/aromatic N) is 4. The zero-order valence-electron chi connectivity index (χ0n) is 8.38. The molecule has 0 aromatic carbocycles. The van der Waals surface area contributed by atoms with Crippen LogP contribution >= 0.6 is 22.9 Å². The van der Waals surface area contributed by atoms with Gasteiger partial charge in [0.25, 0.3) is 0 Å². The van der Waals surface area contributed by atoms with Crippen LogP contribution in [0.3, 0.4) is 0 Å². The first-order chi connectivity index (χ1) is 7.70. The number of hydrogen-bond acceptors (Lipinski definition) is 5. The van der Waals surface area contributed by atoms with E-state index >= 15 is 0 Å². The zero-order chi connectivity index (χ0) is 11.5. The van der Waals surface area contributed by atoms with Crippen LogP contribution in [-0.2, 0) is 0 Å². The lowest BCUT2D eigenvalue weighted by Crippen LogP contribution is -2.01. The van der Waals surface area contributed by atoms with Gasteiger partial charge in [0.05, 0.1) is 11.8 Å². The summed E-state index contributed by atoms with van der Waals surface area (Å²) in [5.41, 5.74) is 1.48. The van der Waals surface area contributed by atoms with E-state index in [0.29, 0.717) is 5.69 Å². The molecule has 4 nitrogen and oxygen atoms in total. The van der Waals surface area contributed by atoms with Crippen molar-refractivity contribution >= 4 is 22.9 Å². The lowest BCUT2D eigenvalue weighted by atomic mass is 10.1. The second-order valence-electron chi connectivity index (χ2n) is 3.14. The van der Waals surface area contributed by atoms with Gasteiger partial charge in [0, 0.05) is 17.3 Å². The fourth-order valence-corrected chi connectivity index (χ4v) is 2.27. The summed E-state index contributed by atoms with van der Waals surface area (Å²) in [7, 11) is 0. The highest BCUT2D eigenvalue weighted by Gasteiger charge is 2.18. The smallest absolute Gasteiger partial charge is 0.222 e. The monoisotopic (exact) mass is 250 g/mol. The van der Waals surface area contributed by atoms with Gasteiger partial charge in [-0.3, -0.25) is 0 Å². The molecule has 1 unspecified atom stereocenters. The molecule has 16 heavy (non-hydrogen) atoms. The first-order valence-corrected chi connectivity index (χ1v) is 5.76. The van der Waals surface area contributed by atoms with Crippen LogP contribution in [0.1, 0.15) is 22.3 Å². The lowest BCUT2D eigenvalue weighted by Gasteiger charge is -2.04. The van der Waals surface area contributed by atoms with Crippen LogP contribution in [0.15, 0.2) is 17.6 Å².